The lowest BCUT2D eigenvalue weighted by Crippen LogP contribution is -2.41. The standard InChI is InChI=1S/C20H25N3O2S/c24-19(14-26-13-15-5-2-1-3-6-15)23-10-4-7-16(12-23)11-18-21-20(22-25-18)17-8-9-17/h1-3,5-6,16-17H,4,7-14H2. The molecular formula is C20H25N3O2S. The topological polar surface area (TPSA) is 59.2 Å². The van der Waals surface area contributed by atoms with Crippen LogP contribution in [-0.2, 0) is 17.0 Å². The van der Waals surface area contributed by atoms with Crippen LogP contribution in [0.1, 0.15) is 48.9 Å². The van der Waals surface area contributed by atoms with Gasteiger partial charge in [-0.15, -0.1) is 11.8 Å². The summed E-state index contributed by atoms with van der Waals surface area (Å²) in [4.78, 5) is 19.1. The first-order valence-corrected chi connectivity index (χ1v) is 10.7. The fourth-order valence-corrected chi connectivity index (χ4v) is 4.37. The van der Waals surface area contributed by atoms with E-state index >= 15 is 0 Å². The van der Waals surface area contributed by atoms with Gasteiger partial charge in [0.1, 0.15) is 0 Å². The van der Waals surface area contributed by atoms with Gasteiger partial charge in [0.05, 0.1) is 5.75 Å². The van der Waals surface area contributed by atoms with Crippen molar-refractivity contribution in [1.29, 1.82) is 0 Å². The normalized spacial score (nSPS) is 20.3. The maximum Gasteiger partial charge on any atom is 0.232 e. The molecule has 2 aromatic rings. The van der Waals surface area contributed by atoms with Gasteiger partial charge in [-0.25, -0.2) is 0 Å². The molecule has 5 nitrogen and oxygen atoms in total. The predicted molar refractivity (Wildman–Crippen MR) is 102 cm³/mol. The van der Waals surface area contributed by atoms with Crippen LogP contribution in [-0.4, -0.2) is 39.8 Å². The molecule has 1 aliphatic carbocycles. The quantitative estimate of drug-likeness (QED) is 0.743. The second kappa shape index (κ2) is 8.25. The summed E-state index contributed by atoms with van der Waals surface area (Å²) in [7, 11) is 0. The highest BCUT2D eigenvalue weighted by molar-refractivity contribution is 7.99. The van der Waals surface area contributed by atoms with E-state index in [0.29, 0.717) is 17.6 Å². The van der Waals surface area contributed by atoms with Crippen LogP contribution in [0.3, 0.4) is 0 Å². The number of aromatic nitrogens is 2. The molecule has 6 heteroatoms. The van der Waals surface area contributed by atoms with Crippen LogP contribution in [0, 0.1) is 5.92 Å². The highest BCUT2D eigenvalue weighted by Crippen LogP contribution is 2.38. The first-order chi connectivity index (χ1) is 12.8. The lowest BCUT2D eigenvalue weighted by Gasteiger charge is -2.32. The lowest BCUT2D eigenvalue weighted by atomic mass is 9.95. The third-order valence-corrected chi connectivity index (χ3v) is 6.09. The summed E-state index contributed by atoms with van der Waals surface area (Å²) in [6.07, 6.45) is 5.35. The smallest absolute Gasteiger partial charge is 0.232 e. The molecule has 1 atom stereocenters. The molecule has 1 saturated carbocycles. The zero-order chi connectivity index (χ0) is 17.8. The van der Waals surface area contributed by atoms with Crippen molar-refractivity contribution in [2.45, 2.75) is 43.8 Å². The molecule has 1 amide bonds. The molecule has 1 aromatic carbocycles. The Morgan fingerprint density at radius 1 is 1.23 bits per heavy atom. The summed E-state index contributed by atoms with van der Waals surface area (Å²) in [5, 5.41) is 4.10. The summed E-state index contributed by atoms with van der Waals surface area (Å²) in [5.74, 6) is 4.26. The van der Waals surface area contributed by atoms with E-state index in [1.54, 1.807) is 11.8 Å². The van der Waals surface area contributed by atoms with Crippen molar-refractivity contribution in [3.8, 4) is 0 Å². The van der Waals surface area contributed by atoms with E-state index in [-0.39, 0.29) is 5.91 Å². The number of piperidine rings is 1. The van der Waals surface area contributed by atoms with E-state index in [2.05, 4.69) is 22.3 Å². The molecule has 1 aromatic heterocycles. The Balaban J connectivity index is 1.23. The van der Waals surface area contributed by atoms with E-state index in [1.807, 2.05) is 23.1 Å². The monoisotopic (exact) mass is 371 g/mol. The van der Waals surface area contributed by atoms with Gasteiger partial charge in [-0.3, -0.25) is 4.79 Å². The minimum atomic E-state index is 0.250. The molecule has 138 valence electrons. The van der Waals surface area contributed by atoms with Crippen LogP contribution in [0.4, 0.5) is 0 Å². The number of thioether (sulfide) groups is 1. The van der Waals surface area contributed by atoms with Crippen LogP contribution < -0.4 is 0 Å². The molecule has 2 heterocycles. The molecule has 0 spiro atoms. The second-order valence-electron chi connectivity index (χ2n) is 7.35. The number of likely N-dealkylation sites (tertiary alicyclic amines) is 1. The van der Waals surface area contributed by atoms with E-state index in [9.17, 15) is 4.79 Å². The number of nitrogens with zero attached hydrogens (tertiary/aromatic N) is 3. The zero-order valence-corrected chi connectivity index (χ0v) is 15.8. The Kier molecular flexibility index (Phi) is 5.58. The molecule has 2 fully saturated rings. The van der Waals surface area contributed by atoms with E-state index in [4.69, 9.17) is 4.52 Å². The summed E-state index contributed by atoms with van der Waals surface area (Å²) in [5.41, 5.74) is 1.27. The third-order valence-electron chi connectivity index (χ3n) is 5.10. The largest absolute Gasteiger partial charge is 0.342 e. The molecule has 2 aliphatic rings. The molecular weight excluding hydrogens is 346 g/mol. The van der Waals surface area contributed by atoms with Gasteiger partial charge in [0.25, 0.3) is 0 Å². The summed E-state index contributed by atoms with van der Waals surface area (Å²) >= 11 is 1.69. The Morgan fingerprint density at radius 2 is 2.08 bits per heavy atom. The summed E-state index contributed by atoms with van der Waals surface area (Å²) < 4.78 is 5.41. The van der Waals surface area contributed by atoms with E-state index in [0.717, 1.165) is 49.8 Å². The number of hydrogen-bond donors (Lipinski definition) is 0. The van der Waals surface area contributed by atoms with Gasteiger partial charge in [-0.05, 0) is 37.2 Å². The van der Waals surface area contributed by atoms with Crippen molar-refractivity contribution in [2.24, 2.45) is 5.92 Å². The van der Waals surface area contributed by atoms with Gasteiger partial charge in [-0.1, -0.05) is 35.5 Å². The molecule has 4 rings (SSSR count). The highest BCUT2D eigenvalue weighted by Gasteiger charge is 2.30. The Bertz CT molecular complexity index is 730. The molecule has 0 N–H and O–H groups in total. The summed E-state index contributed by atoms with van der Waals surface area (Å²) in [6, 6.07) is 10.3. The second-order valence-corrected chi connectivity index (χ2v) is 8.34. The number of rotatable bonds is 7. The fraction of sp³-hybridized carbons (Fsp3) is 0.550. The van der Waals surface area contributed by atoms with Crippen molar-refractivity contribution in [3.63, 3.8) is 0 Å². The molecule has 26 heavy (non-hydrogen) atoms. The maximum absolute atomic E-state index is 12.5. The first-order valence-electron chi connectivity index (χ1n) is 9.50. The average molecular weight is 372 g/mol. The van der Waals surface area contributed by atoms with Gasteiger partial charge in [0.2, 0.25) is 11.8 Å². The van der Waals surface area contributed by atoms with Gasteiger partial charge in [-0.2, -0.15) is 4.98 Å². The van der Waals surface area contributed by atoms with Crippen molar-refractivity contribution in [2.75, 3.05) is 18.8 Å². The van der Waals surface area contributed by atoms with Gasteiger partial charge in [0.15, 0.2) is 5.82 Å². The van der Waals surface area contributed by atoms with Gasteiger partial charge < -0.3 is 9.42 Å². The van der Waals surface area contributed by atoms with Gasteiger partial charge >= 0.3 is 0 Å². The van der Waals surface area contributed by atoms with E-state index < -0.39 is 0 Å². The number of carbonyl (C=O) groups is 1. The fourth-order valence-electron chi connectivity index (χ4n) is 3.49. The average Bonchev–Trinajstić information content (AvgIpc) is 3.42. The van der Waals surface area contributed by atoms with E-state index in [1.165, 1.54) is 18.4 Å². The Hall–Kier alpha value is -1.82. The number of benzene rings is 1. The zero-order valence-electron chi connectivity index (χ0n) is 15.0. The van der Waals surface area contributed by atoms with Crippen LogP contribution in [0.15, 0.2) is 34.9 Å². The number of amides is 1. The van der Waals surface area contributed by atoms with Crippen LogP contribution in [0.25, 0.3) is 0 Å². The SMILES string of the molecule is O=C(CSCc1ccccc1)N1CCCC(Cc2nc(C3CC3)no2)C1. The molecule has 1 saturated heterocycles. The Morgan fingerprint density at radius 3 is 2.88 bits per heavy atom. The Labute approximate surface area is 158 Å². The van der Waals surface area contributed by atoms with Crippen molar-refractivity contribution >= 4 is 17.7 Å². The van der Waals surface area contributed by atoms with Gasteiger partial charge in [0, 0.05) is 31.2 Å². The minimum Gasteiger partial charge on any atom is -0.342 e. The molecule has 0 radical (unpaired) electrons. The first kappa shape index (κ1) is 17.6. The summed E-state index contributed by atoms with van der Waals surface area (Å²) in [6.45, 7) is 1.68. The van der Waals surface area contributed by atoms with Crippen LogP contribution in [0.5, 0.6) is 0 Å². The van der Waals surface area contributed by atoms with Crippen molar-refractivity contribution in [1.82, 2.24) is 15.0 Å². The predicted octanol–water partition coefficient (Wildman–Crippen LogP) is 3.66. The third kappa shape index (κ3) is 4.67. The minimum absolute atomic E-state index is 0.250. The molecule has 1 aliphatic heterocycles. The van der Waals surface area contributed by atoms with Crippen LogP contribution in [0.2, 0.25) is 0 Å². The van der Waals surface area contributed by atoms with Crippen molar-refractivity contribution in [3.05, 3.63) is 47.6 Å². The highest BCUT2D eigenvalue weighted by atomic mass is 32.2. The maximum atomic E-state index is 12.5. The molecule has 0 bridgehead atoms. The van der Waals surface area contributed by atoms with Crippen molar-refractivity contribution < 1.29 is 9.32 Å². The van der Waals surface area contributed by atoms with Crippen LogP contribution >= 0.6 is 11.8 Å². The lowest BCUT2D eigenvalue weighted by molar-refractivity contribution is -0.130. The number of carbonyl (C=O) groups excluding carboxylic acids is 1. The molecule has 1 unspecified atom stereocenters. The number of hydrogen-bond acceptors (Lipinski definition) is 5.